The normalized spacial score (nSPS) is 15.6. The molecule has 57 heavy (non-hydrogen) atoms. The Morgan fingerprint density at radius 3 is 0.912 bits per heavy atom. The predicted molar refractivity (Wildman–Crippen MR) is 241 cm³/mol. The predicted octanol–water partition coefficient (Wildman–Crippen LogP) is 15.3. The van der Waals surface area contributed by atoms with Gasteiger partial charge in [0.25, 0.3) is 0 Å². The lowest BCUT2D eigenvalue weighted by Crippen LogP contribution is -2.16. The second kappa shape index (κ2) is 11.9. The van der Waals surface area contributed by atoms with Gasteiger partial charge in [0.05, 0.1) is 0 Å². The van der Waals surface area contributed by atoms with Gasteiger partial charge in [-0.05, 0) is 142 Å². The lowest BCUT2D eigenvalue weighted by molar-refractivity contribution is 0.659. The molecule has 0 fully saturated rings. The monoisotopic (exact) mass is 730 g/mol. The summed E-state index contributed by atoms with van der Waals surface area (Å²) in [7, 11) is 0. The molecule has 8 aromatic rings. The van der Waals surface area contributed by atoms with E-state index >= 15 is 0 Å². The second-order valence-electron chi connectivity index (χ2n) is 18.1. The van der Waals surface area contributed by atoms with E-state index in [2.05, 4.69) is 211 Å². The van der Waals surface area contributed by atoms with Crippen LogP contribution in [0.4, 0.5) is 0 Å². The van der Waals surface area contributed by atoms with Gasteiger partial charge < -0.3 is 0 Å². The van der Waals surface area contributed by atoms with E-state index in [0.29, 0.717) is 0 Å². The highest BCUT2D eigenvalue weighted by Crippen LogP contribution is 2.54. The van der Waals surface area contributed by atoms with Gasteiger partial charge in [0, 0.05) is 16.2 Å². The molecule has 0 saturated carbocycles. The zero-order chi connectivity index (χ0) is 38.8. The summed E-state index contributed by atoms with van der Waals surface area (Å²) in [6, 6.07) is 64.2. The van der Waals surface area contributed by atoms with Crippen LogP contribution in [-0.2, 0) is 16.2 Å². The van der Waals surface area contributed by atoms with E-state index in [-0.39, 0.29) is 16.2 Å². The fraction of sp³-hybridized carbons (Fsp3) is 0.158. The number of rotatable bonds is 4. The third kappa shape index (κ3) is 4.86. The molecule has 0 N–H and O–H groups in total. The number of benzene rings is 8. The summed E-state index contributed by atoms with van der Waals surface area (Å²) in [5.41, 5.74) is 26.5. The molecule has 274 valence electrons. The Labute approximate surface area is 337 Å². The molecule has 8 aromatic carbocycles. The molecule has 3 aliphatic rings. The van der Waals surface area contributed by atoms with Gasteiger partial charge in [0.2, 0.25) is 0 Å². The van der Waals surface area contributed by atoms with Gasteiger partial charge in [0.15, 0.2) is 0 Å². The highest BCUT2D eigenvalue weighted by Gasteiger charge is 2.39. The minimum absolute atomic E-state index is 0.0160. The topological polar surface area (TPSA) is 0 Å². The molecule has 0 heteroatoms. The van der Waals surface area contributed by atoms with Crippen molar-refractivity contribution in [1.82, 2.24) is 0 Å². The van der Waals surface area contributed by atoms with E-state index in [0.717, 1.165) is 0 Å². The van der Waals surface area contributed by atoms with Gasteiger partial charge >= 0.3 is 0 Å². The zero-order valence-electron chi connectivity index (χ0n) is 33.7. The van der Waals surface area contributed by atoms with Crippen molar-refractivity contribution in [3.05, 3.63) is 203 Å². The number of hydrogen-bond acceptors (Lipinski definition) is 0. The molecule has 3 aliphatic carbocycles. The molecule has 0 saturated heterocycles. The summed E-state index contributed by atoms with van der Waals surface area (Å²) in [4.78, 5) is 0. The molecule has 0 spiro atoms. The van der Waals surface area contributed by atoms with Crippen molar-refractivity contribution >= 4 is 0 Å². The standard InChI is InChI=1S/C57H46/c1-55(2)49-19-13-12-18-43(49)44-25-20-36(30-50(44)55)37-21-26-45-46-27-22-38(32-52(46)56(3,4)51(45)31-37)39-23-28-47-48-29-24-40(34-54(48)57(5,6)53(47)33-39)42-17-11-10-16-41(42)35-14-8-7-9-15-35/h7-34H,1-6H3. The van der Waals surface area contributed by atoms with Crippen molar-refractivity contribution in [2.45, 2.75) is 57.8 Å². The van der Waals surface area contributed by atoms with Crippen LogP contribution in [0.25, 0.3) is 77.9 Å². The van der Waals surface area contributed by atoms with Crippen LogP contribution < -0.4 is 0 Å². The summed E-state index contributed by atoms with van der Waals surface area (Å²) in [6.07, 6.45) is 0. The largest absolute Gasteiger partial charge is 0.0622 e. The molecule has 11 rings (SSSR count). The van der Waals surface area contributed by atoms with Gasteiger partial charge in [-0.1, -0.05) is 181 Å². The summed E-state index contributed by atoms with van der Waals surface area (Å²) in [5, 5.41) is 0. The Bertz CT molecular complexity index is 2970. The van der Waals surface area contributed by atoms with E-state index in [1.807, 2.05) is 0 Å². The van der Waals surface area contributed by atoms with Crippen molar-refractivity contribution in [2.75, 3.05) is 0 Å². The molecule has 0 radical (unpaired) electrons. The van der Waals surface area contributed by atoms with Crippen molar-refractivity contribution in [3.63, 3.8) is 0 Å². The fourth-order valence-corrected chi connectivity index (χ4v) is 10.7. The van der Waals surface area contributed by atoms with E-state index in [4.69, 9.17) is 0 Å². The first-order valence-corrected chi connectivity index (χ1v) is 20.5. The van der Waals surface area contributed by atoms with Gasteiger partial charge in [-0.3, -0.25) is 0 Å². The molecular formula is C57H46. The Balaban J connectivity index is 0.925. The summed E-state index contributed by atoms with van der Waals surface area (Å²) in [5.74, 6) is 0. The molecular weight excluding hydrogens is 685 g/mol. The fourth-order valence-electron chi connectivity index (χ4n) is 10.7. The van der Waals surface area contributed by atoms with Crippen LogP contribution in [0.1, 0.15) is 74.9 Å². The van der Waals surface area contributed by atoms with Crippen molar-refractivity contribution in [2.24, 2.45) is 0 Å². The minimum atomic E-state index is -0.128. The van der Waals surface area contributed by atoms with Crippen molar-refractivity contribution in [1.29, 1.82) is 0 Å². The maximum absolute atomic E-state index is 2.47. The van der Waals surface area contributed by atoms with E-state index < -0.39 is 0 Å². The molecule has 0 bridgehead atoms. The van der Waals surface area contributed by atoms with E-state index in [1.165, 1.54) is 111 Å². The Hall–Kier alpha value is -6.24. The first-order chi connectivity index (χ1) is 27.5. The first kappa shape index (κ1) is 34.0. The Morgan fingerprint density at radius 1 is 0.211 bits per heavy atom. The molecule has 0 atom stereocenters. The van der Waals surface area contributed by atoms with Crippen LogP contribution in [0.15, 0.2) is 170 Å². The Morgan fingerprint density at radius 2 is 0.491 bits per heavy atom. The van der Waals surface area contributed by atoms with Crippen LogP contribution >= 0.6 is 0 Å². The van der Waals surface area contributed by atoms with Crippen LogP contribution in [-0.4, -0.2) is 0 Å². The highest BCUT2D eigenvalue weighted by atomic mass is 14.4. The summed E-state index contributed by atoms with van der Waals surface area (Å²) >= 11 is 0. The van der Waals surface area contributed by atoms with Crippen molar-refractivity contribution < 1.29 is 0 Å². The lowest BCUT2D eigenvalue weighted by Gasteiger charge is -2.24. The maximum atomic E-state index is 2.47. The van der Waals surface area contributed by atoms with Crippen molar-refractivity contribution in [3.8, 4) is 77.9 Å². The summed E-state index contributed by atoms with van der Waals surface area (Å²) in [6.45, 7) is 14.3. The van der Waals surface area contributed by atoms with E-state index in [9.17, 15) is 0 Å². The van der Waals surface area contributed by atoms with E-state index in [1.54, 1.807) is 0 Å². The maximum Gasteiger partial charge on any atom is 0.0159 e. The summed E-state index contributed by atoms with van der Waals surface area (Å²) < 4.78 is 0. The number of fused-ring (bicyclic) bond motifs is 9. The third-order valence-corrected chi connectivity index (χ3v) is 13.9. The van der Waals surface area contributed by atoms with Crippen LogP contribution in [0.2, 0.25) is 0 Å². The molecule has 0 nitrogen and oxygen atoms in total. The third-order valence-electron chi connectivity index (χ3n) is 13.9. The quantitative estimate of drug-likeness (QED) is 0.169. The SMILES string of the molecule is CC1(C)c2ccccc2-c2ccc(-c3ccc4c(c3)C(C)(C)c3cc(-c5ccc6c(c5)C(C)(C)c5cc(-c7ccccc7-c7ccccc7)ccc5-6)ccc3-4)cc21. The average Bonchev–Trinajstić information content (AvgIpc) is 3.72. The molecule has 0 aliphatic heterocycles. The van der Waals surface area contributed by atoms with Gasteiger partial charge in [-0.2, -0.15) is 0 Å². The number of hydrogen-bond donors (Lipinski definition) is 0. The van der Waals surface area contributed by atoms with Gasteiger partial charge in [0.1, 0.15) is 0 Å². The van der Waals surface area contributed by atoms with Crippen LogP contribution in [0.5, 0.6) is 0 Å². The Kier molecular flexibility index (Phi) is 7.10. The van der Waals surface area contributed by atoms with Crippen LogP contribution in [0.3, 0.4) is 0 Å². The minimum Gasteiger partial charge on any atom is -0.0622 e. The lowest BCUT2D eigenvalue weighted by atomic mass is 9.79. The highest BCUT2D eigenvalue weighted by molar-refractivity contribution is 5.91. The first-order valence-electron chi connectivity index (χ1n) is 20.5. The molecule has 0 unspecified atom stereocenters. The molecule has 0 amide bonds. The smallest absolute Gasteiger partial charge is 0.0159 e. The zero-order valence-corrected chi connectivity index (χ0v) is 33.7. The molecule has 0 aromatic heterocycles. The van der Waals surface area contributed by atoms with Gasteiger partial charge in [-0.15, -0.1) is 0 Å². The van der Waals surface area contributed by atoms with Crippen LogP contribution in [0, 0.1) is 0 Å². The van der Waals surface area contributed by atoms with Gasteiger partial charge in [-0.25, -0.2) is 0 Å². The average molecular weight is 731 g/mol. The second-order valence-corrected chi connectivity index (χ2v) is 18.1. The molecule has 0 heterocycles.